The van der Waals surface area contributed by atoms with Crippen molar-refractivity contribution in [1.29, 1.82) is 0 Å². The molecule has 2 aromatic carbocycles. The van der Waals surface area contributed by atoms with Gasteiger partial charge in [-0.15, -0.1) is 0 Å². The van der Waals surface area contributed by atoms with E-state index in [2.05, 4.69) is 32.3 Å². The van der Waals surface area contributed by atoms with Crippen molar-refractivity contribution in [3.05, 3.63) is 77.2 Å². The van der Waals surface area contributed by atoms with E-state index < -0.39 is 0 Å². The number of hydrogen-bond acceptors (Lipinski definition) is 5. The topological polar surface area (TPSA) is 75.2 Å². The standard InChI is InChI=1S/C22H20N4O2/c1-14(27)17-7-5-8-18(12-17)25-22(28)19-13-21(24-15(2)23-19)26-11-10-16-6-3-4-9-20(16)26/h3-9,12-13H,10-11H2,1-2H3,(H,25,28). The third-order valence-corrected chi connectivity index (χ3v) is 4.75. The number of nitrogens with one attached hydrogen (secondary N) is 1. The van der Waals surface area contributed by atoms with Crippen LogP contribution < -0.4 is 10.2 Å². The van der Waals surface area contributed by atoms with Crippen LogP contribution in [0.1, 0.15) is 39.2 Å². The maximum absolute atomic E-state index is 12.8. The Morgan fingerprint density at radius 3 is 2.68 bits per heavy atom. The Hall–Kier alpha value is -3.54. The molecule has 1 N–H and O–H groups in total. The zero-order chi connectivity index (χ0) is 19.7. The van der Waals surface area contributed by atoms with E-state index in [4.69, 9.17) is 0 Å². The number of carbonyl (C=O) groups excluding carboxylic acids is 2. The zero-order valence-corrected chi connectivity index (χ0v) is 15.8. The Balaban J connectivity index is 1.62. The predicted molar refractivity (Wildman–Crippen MR) is 108 cm³/mol. The number of ketones is 1. The summed E-state index contributed by atoms with van der Waals surface area (Å²) in [6, 6.07) is 16.8. The Kier molecular flexibility index (Phi) is 4.61. The normalized spacial score (nSPS) is 12.6. The first-order chi connectivity index (χ1) is 13.5. The van der Waals surface area contributed by atoms with Gasteiger partial charge in [0.2, 0.25) is 0 Å². The fraction of sp³-hybridized carbons (Fsp3) is 0.182. The molecule has 0 atom stereocenters. The minimum Gasteiger partial charge on any atom is -0.326 e. The van der Waals surface area contributed by atoms with Crippen LogP contribution in [0.25, 0.3) is 0 Å². The fourth-order valence-electron chi connectivity index (χ4n) is 3.39. The highest BCUT2D eigenvalue weighted by Crippen LogP contribution is 2.33. The van der Waals surface area contributed by atoms with Gasteiger partial charge in [0.1, 0.15) is 17.3 Å². The summed E-state index contributed by atoms with van der Waals surface area (Å²) in [7, 11) is 0. The monoisotopic (exact) mass is 372 g/mol. The minimum atomic E-state index is -0.333. The van der Waals surface area contributed by atoms with E-state index in [0.29, 0.717) is 28.6 Å². The van der Waals surface area contributed by atoms with Crippen molar-refractivity contribution in [2.75, 3.05) is 16.8 Å². The molecule has 140 valence electrons. The molecule has 6 nitrogen and oxygen atoms in total. The summed E-state index contributed by atoms with van der Waals surface area (Å²) < 4.78 is 0. The molecule has 1 amide bonds. The molecule has 0 saturated heterocycles. The van der Waals surface area contributed by atoms with E-state index in [1.165, 1.54) is 12.5 Å². The lowest BCUT2D eigenvalue weighted by Gasteiger charge is -2.19. The highest BCUT2D eigenvalue weighted by atomic mass is 16.2. The molecule has 0 bridgehead atoms. The molecule has 0 fully saturated rings. The van der Waals surface area contributed by atoms with Crippen molar-refractivity contribution in [1.82, 2.24) is 9.97 Å². The van der Waals surface area contributed by atoms with E-state index in [9.17, 15) is 9.59 Å². The summed E-state index contributed by atoms with van der Waals surface area (Å²) in [6.07, 6.45) is 0.943. The van der Waals surface area contributed by atoms with Crippen molar-refractivity contribution in [2.24, 2.45) is 0 Å². The summed E-state index contributed by atoms with van der Waals surface area (Å²) in [4.78, 5) is 35.2. The van der Waals surface area contributed by atoms with Crippen molar-refractivity contribution in [2.45, 2.75) is 20.3 Å². The third-order valence-electron chi connectivity index (χ3n) is 4.75. The summed E-state index contributed by atoms with van der Waals surface area (Å²) in [6.45, 7) is 4.09. The highest BCUT2D eigenvalue weighted by molar-refractivity contribution is 6.04. The van der Waals surface area contributed by atoms with Crippen molar-refractivity contribution in [3.8, 4) is 0 Å². The van der Waals surface area contributed by atoms with Crippen LogP contribution in [0, 0.1) is 6.92 Å². The maximum atomic E-state index is 12.8. The van der Waals surface area contributed by atoms with E-state index >= 15 is 0 Å². The van der Waals surface area contributed by atoms with E-state index in [0.717, 1.165) is 18.7 Å². The number of nitrogens with zero attached hydrogens (tertiary/aromatic N) is 3. The predicted octanol–water partition coefficient (Wildman–Crippen LogP) is 3.93. The first-order valence-electron chi connectivity index (χ1n) is 9.15. The van der Waals surface area contributed by atoms with Gasteiger partial charge in [0, 0.05) is 29.5 Å². The number of hydrogen-bond donors (Lipinski definition) is 1. The molecule has 1 aromatic heterocycles. The number of para-hydroxylation sites is 1. The minimum absolute atomic E-state index is 0.0519. The van der Waals surface area contributed by atoms with Crippen LogP contribution in [0.15, 0.2) is 54.6 Å². The van der Waals surface area contributed by atoms with Crippen LogP contribution in [0.3, 0.4) is 0 Å². The van der Waals surface area contributed by atoms with Gasteiger partial charge >= 0.3 is 0 Å². The van der Waals surface area contributed by atoms with Crippen molar-refractivity contribution < 1.29 is 9.59 Å². The molecule has 6 heteroatoms. The summed E-state index contributed by atoms with van der Waals surface area (Å²) in [5.74, 6) is 0.855. The zero-order valence-electron chi connectivity index (χ0n) is 15.8. The Labute approximate surface area is 163 Å². The lowest BCUT2D eigenvalue weighted by molar-refractivity contribution is 0.100. The van der Waals surface area contributed by atoms with E-state index in [-0.39, 0.29) is 11.7 Å². The van der Waals surface area contributed by atoms with Gasteiger partial charge in [-0.05, 0) is 44.0 Å². The molecule has 1 aliphatic heterocycles. The second kappa shape index (κ2) is 7.23. The molecule has 28 heavy (non-hydrogen) atoms. The van der Waals surface area contributed by atoms with Crippen LogP contribution in [0.2, 0.25) is 0 Å². The van der Waals surface area contributed by atoms with Gasteiger partial charge in [-0.3, -0.25) is 9.59 Å². The van der Waals surface area contributed by atoms with Crippen molar-refractivity contribution >= 4 is 28.9 Å². The third kappa shape index (κ3) is 3.49. The fourth-order valence-corrected chi connectivity index (χ4v) is 3.39. The van der Waals surface area contributed by atoms with E-state index in [1.807, 2.05) is 12.1 Å². The summed E-state index contributed by atoms with van der Waals surface area (Å²) in [5, 5.41) is 2.82. The van der Waals surface area contributed by atoms with Crippen LogP contribution in [-0.2, 0) is 6.42 Å². The van der Waals surface area contributed by atoms with Gasteiger partial charge in [-0.1, -0.05) is 30.3 Å². The second-order valence-corrected chi connectivity index (χ2v) is 6.78. The number of anilines is 3. The lowest BCUT2D eigenvalue weighted by Crippen LogP contribution is -2.19. The van der Waals surface area contributed by atoms with Crippen molar-refractivity contribution in [3.63, 3.8) is 0 Å². The van der Waals surface area contributed by atoms with Gasteiger partial charge in [0.25, 0.3) is 5.91 Å². The Bertz CT molecular complexity index is 1080. The van der Waals surface area contributed by atoms with Crippen LogP contribution in [0.5, 0.6) is 0 Å². The Morgan fingerprint density at radius 1 is 1.04 bits per heavy atom. The average molecular weight is 372 g/mol. The smallest absolute Gasteiger partial charge is 0.274 e. The SMILES string of the molecule is CC(=O)c1cccc(NC(=O)c2cc(N3CCc4ccccc43)nc(C)n2)c1. The maximum Gasteiger partial charge on any atom is 0.274 e. The van der Waals surface area contributed by atoms with E-state index in [1.54, 1.807) is 37.3 Å². The van der Waals surface area contributed by atoms with Gasteiger partial charge in [-0.2, -0.15) is 0 Å². The largest absolute Gasteiger partial charge is 0.326 e. The summed E-state index contributed by atoms with van der Waals surface area (Å²) >= 11 is 0. The van der Waals surface area contributed by atoms with Crippen LogP contribution >= 0.6 is 0 Å². The number of aryl methyl sites for hydroxylation is 1. The average Bonchev–Trinajstić information content (AvgIpc) is 3.12. The molecular formula is C22H20N4O2. The van der Waals surface area contributed by atoms with Gasteiger partial charge in [-0.25, -0.2) is 9.97 Å². The number of aromatic nitrogens is 2. The van der Waals surface area contributed by atoms with Gasteiger partial charge in [0.05, 0.1) is 0 Å². The highest BCUT2D eigenvalue weighted by Gasteiger charge is 2.22. The lowest BCUT2D eigenvalue weighted by atomic mass is 10.1. The van der Waals surface area contributed by atoms with Gasteiger partial charge < -0.3 is 10.2 Å². The number of amides is 1. The molecule has 3 aromatic rings. The van der Waals surface area contributed by atoms with Crippen LogP contribution in [0.4, 0.5) is 17.2 Å². The quantitative estimate of drug-likeness (QED) is 0.702. The number of Topliss-reactive ketones (excluding diaryl/α,β-unsaturated/α-hetero) is 1. The molecule has 2 heterocycles. The second-order valence-electron chi connectivity index (χ2n) is 6.78. The van der Waals surface area contributed by atoms with Gasteiger partial charge in [0.15, 0.2) is 5.78 Å². The first-order valence-corrected chi connectivity index (χ1v) is 9.15. The molecule has 4 rings (SSSR count). The number of carbonyl (C=O) groups is 2. The number of benzene rings is 2. The Morgan fingerprint density at radius 2 is 1.86 bits per heavy atom. The number of rotatable bonds is 4. The molecule has 0 aliphatic carbocycles. The first kappa shape index (κ1) is 17.9. The molecular weight excluding hydrogens is 352 g/mol. The number of fused-ring (bicyclic) bond motifs is 1. The molecule has 0 radical (unpaired) electrons. The molecule has 1 aliphatic rings. The molecule has 0 spiro atoms. The summed E-state index contributed by atoms with van der Waals surface area (Å²) in [5.41, 5.74) is 3.78. The molecule has 0 unspecified atom stereocenters. The molecule has 0 saturated carbocycles. The van der Waals surface area contributed by atoms with Crippen LogP contribution in [-0.4, -0.2) is 28.2 Å².